The van der Waals surface area contributed by atoms with E-state index in [0.29, 0.717) is 17.2 Å². The second-order valence-electron chi connectivity index (χ2n) is 5.46. The molecule has 9 nitrogen and oxygen atoms in total. The lowest BCUT2D eigenvalue weighted by Crippen LogP contribution is -2.19. The summed E-state index contributed by atoms with van der Waals surface area (Å²) in [4.78, 5) is 25.5. The molecule has 0 saturated carbocycles. The Hall–Kier alpha value is -3.75. The Labute approximate surface area is 148 Å². The van der Waals surface area contributed by atoms with Crippen molar-refractivity contribution in [2.24, 2.45) is 0 Å². The second kappa shape index (κ2) is 7.43. The molecule has 2 aromatic carbocycles. The average molecular weight is 353 g/mol. The minimum atomic E-state index is -0.723. The average Bonchev–Trinajstić information content (AvgIpc) is 3.07. The first-order chi connectivity index (χ1) is 12.5. The maximum absolute atomic E-state index is 12.2. The van der Waals surface area contributed by atoms with Crippen LogP contribution in [0.1, 0.15) is 5.56 Å². The van der Waals surface area contributed by atoms with Gasteiger partial charge in [-0.1, -0.05) is 34.8 Å². The minimum absolute atomic E-state index is 0.209. The summed E-state index contributed by atoms with van der Waals surface area (Å²) < 4.78 is 6.91. The topological polar surface area (TPSA) is 112 Å². The van der Waals surface area contributed by atoms with E-state index in [2.05, 4.69) is 15.4 Å². The molecule has 0 atom stereocenters. The van der Waals surface area contributed by atoms with Crippen LogP contribution in [0.3, 0.4) is 0 Å². The van der Waals surface area contributed by atoms with Crippen LogP contribution in [0.5, 0.6) is 11.5 Å². The predicted octanol–water partition coefficient (Wildman–Crippen LogP) is 2.93. The molecule has 0 saturated heterocycles. The summed E-state index contributed by atoms with van der Waals surface area (Å²) in [6, 6.07) is 14.5. The van der Waals surface area contributed by atoms with E-state index in [4.69, 9.17) is 4.74 Å². The summed E-state index contributed by atoms with van der Waals surface area (Å²) >= 11 is 0. The van der Waals surface area contributed by atoms with E-state index in [9.17, 15) is 14.9 Å². The number of nitrogens with zero attached hydrogens (tertiary/aromatic N) is 4. The van der Waals surface area contributed by atoms with Crippen molar-refractivity contribution < 1.29 is 14.5 Å². The van der Waals surface area contributed by atoms with E-state index < -0.39 is 16.8 Å². The molecule has 132 valence electrons. The van der Waals surface area contributed by atoms with E-state index in [1.165, 1.54) is 0 Å². The van der Waals surface area contributed by atoms with E-state index >= 15 is 0 Å². The molecular formula is C17H15N5O4. The van der Waals surface area contributed by atoms with Crippen LogP contribution >= 0.6 is 0 Å². The predicted molar refractivity (Wildman–Crippen MR) is 93.0 cm³/mol. The molecule has 0 aliphatic rings. The monoisotopic (exact) mass is 353 g/mol. The largest absolute Gasteiger partial charge is 0.490 e. The Morgan fingerprint density at radius 3 is 2.65 bits per heavy atom. The second-order valence-corrected chi connectivity index (χ2v) is 5.46. The molecule has 0 fully saturated rings. The fourth-order valence-electron chi connectivity index (χ4n) is 2.17. The Morgan fingerprint density at radius 1 is 1.23 bits per heavy atom. The van der Waals surface area contributed by atoms with Gasteiger partial charge in [-0.05, 0) is 36.1 Å². The Bertz CT molecular complexity index is 936. The zero-order chi connectivity index (χ0) is 18.5. The van der Waals surface area contributed by atoms with E-state index in [-0.39, 0.29) is 6.54 Å². The summed E-state index contributed by atoms with van der Waals surface area (Å²) in [5, 5.41) is 16.9. The van der Waals surface area contributed by atoms with Gasteiger partial charge in [-0.15, -0.1) is 0 Å². The van der Waals surface area contributed by atoms with E-state index in [1.807, 2.05) is 31.2 Å². The van der Waals surface area contributed by atoms with Gasteiger partial charge in [0.1, 0.15) is 12.3 Å². The zero-order valence-corrected chi connectivity index (χ0v) is 13.8. The van der Waals surface area contributed by atoms with Crippen LogP contribution in [0.15, 0.2) is 54.9 Å². The fourth-order valence-corrected chi connectivity index (χ4v) is 2.17. The van der Waals surface area contributed by atoms with Crippen LogP contribution in [0.4, 0.5) is 11.6 Å². The number of carbonyl (C=O) groups excluding carboxylic acids is 1. The molecule has 3 aromatic rings. The molecule has 1 N–H and O–H groups in total. The maximum Gasteiger partial charge on any atom is 0.490 e. The van der Waals surface area contributed by atoms with Crippen molar-refractivity contribution >= 4 is 17.5 Å². The lowest BCUT2D eigenvalue weighted by molar-refractivity contribution is -0.394. The minimum Gasteiger partial charge on any atom is -0.455 e. The van der Waals surface area contributed by atoms with Gasteiger partial charge >= 0.3 is 5.95 Å². The number of nitro groups is 1. The van der Waals surface area contributed by atoms with E-state index in [0.717, 1.165) is 16.6 Å². The summed E-state index contributed by atoms with van der Waals surface area (Å²) in [5.74, 6) is 0.157. The maximum atomic E-state index is 12.2. The van der Waals surface area contributed by atoms with Crippen LogP contribution in [0.2, 0.25) is 0 Å². The van der Waals surface area contributed by atoms with E-state index in [1.54, 1.807) is 24.3 Å². The van der Waals surface area contributed by atoms with Gasteiger partial charge < -0.3 is 20.2 Å². The summed E-state index contributed by atoms with van der Waals surface area (Å²) in [7, 11) is 0. The van der Waals surface area contributed by atoms with Crippen molar-refractivity contribution in [1.29, 1.82) is 0 Å². The lowest BCUT2D eigenvalue weighted by atomic mass is 10.2. The van der Waals surface area contributed by atoms with Crippen LogP contribution in [-0.2, 0) is 11.3 Å². The molecule has 0 aliphatic heterocycles. The Balaban J connectivity index is 1.69. The number of para-hydroxylation sites is 2. The zero-order valence-electron chi connectivity index (χ0n) is 13.8. The summed E-state index contributed by atoms with van der Waals surface area (Å²) in [6.07, 6.45) is 1.13. The van der Waals surface area contributed by atoms with Gasteiger partial charge in [-0.3, -0.25) is 4.79 Å². The number of amides is 1. The van der Waals surface area contributed by atoms with Gasteiger partial charge in [0.15, 0.2) is 5.75 Å². The van der Waals surface area contributed by atoms with Crippen molar-refractivity contribution in [2.75, 3.05) is 5.32 Å². The molecule has 0 unspecified atom stereocenters. The number of hydrogen-bond acceptors (Lipinski definition) is 6. The summed E-state index contributed by atoms with van der Waals surface area (Å²) in [6.45, 7) is 1.77. The molecule has 1 aromatic heterocycles. The van der Waals surface area contributed by atoms with Gasteiger partial charge in [0.2, 0.25) is 12.2 Å². The van der Waals surface area contributed by atoms with Gasteiger partial charge in [0, 0.05) is 5.10 Å². The molecule has 9 heteroatoms. The highest BCUT2D eigenvalue weighted by Crippen LogP contribution is 2.29. The van der Waals surface area contributed by atoms with Crippen LogP contribution in [-0.4, -0.2) is 25.6 Å². The first-order valence-corrected chi connectivity index (χ1v) is 7.68. The van der Waals surface area contributed by atoms with Crippen molar-refractivity contribution in [3.8, 4) is 11.5 Å². The number of nitrogens with one attached hydrogen (secondary N) is 1. The van der Waals surface area contributed by atoms with Gasteiger partial charge in [0.25, 0.3) is 0 Å². The molecule has 0 bridgehead atoms. The van der Waals surface area contributed by atoms with Crippen molar-refractivity contribution in [3.05, 3.63) is 70.5 Å². The molecule has 0 aliphatic carbocycles. The van der Waals surface area contributed by atoms with Crippen molar-refractivity contribution in [1.82, 2.24) is 14.8 Å². The number of anilines is 1. The molecule has 0 spiro atoms. The fraction of sp³-hybridized carbons (Fsp3) is 0.118. The number of aromatic nitrogens is 3. The Morgan fingerprint density at radius 2 is 1.96 bits per heavy atom. The number of carbonyl (C=O) groups is 1. The smallest absolute Gasteiger partial charge is 0.455 e. The van der Waals surface area contributed by atoms with Gasteiger partial charge in [-0.25, -0.2) is 0 Å². The summed E-state index contributed by atoms with van der Waals surface area (Å²) in [5.41, 5.74) is 1.59. The highest BCUT2D eigenvalue weighted by molar-refractivity contribution is 5.92. The number of hydrogen-bond donors (Lipinski definition) is 1. The van der Waals surface area contributed by atoms with Gasteiger partial charge in [0.05, 0.1) is 5.69 Å². The first kappa shape index (κ1) is 17.1. The van der Waals surface area contributed by atoms with Gasteiger partial charge in [-0.2, -0.15) is 4.68 Å². The quantitative estimate of drug-likeness (QED) is 0.538. The third-order valence-corrected chi connectivity index (χ3v) is 3.40. The van der Waals surface area contributed by atoms with Crippen LogP contribution in [0, 0.1) is 17.0 Å². The van der Waals surface area contributed by atoms with Crippen LogP contribution in [0.25, 0.3) is 0 Å². The van der Waals surface area contributed by atoms with Crippen molar-refractivity contribution in [3.63, 3.8) is 0 Å². The highest BCUT2D eigenvalue weighted by Gasteiger charge is 2.16. The lowest BCUT2D eigenvalue weighted by Gasteiger charge is -2.12. The number of benzene rings is 2. The van der Waals surface area contributed by atoms with Crippen molar-refractivity contribution in [2.45, 2.75) is 13.5 Å². The third kappa shape index (κ3) is 4.20. The standard InChI is InChI=1S/C17H15N5O4/c1-12-6-8-13(9-7-12)26-15-5-3-2-4-14(15)19-16(23)10-21-11-18-17(20-21)22(24)25/h2-9,11H,10H2,1H3,(H,19,23). The SMILES string of the molecule is Cc1ccc(Oc2ccccc2NC(=O)Cn2cnc([N+](=O)[O-])n2)cc1. The molecular weight excluding hydrogens is 338 g/mol. The first-order valence-electron chi connectivity index (χ1n) is 7.68. The molecule has 1 heterocycles. The number of aryl methyl sites for hydroxylation is 1. The molecule has 26 heavy (non-hydrogen) atoms. The number of ether oxygens (including phenoxy) is 1. The highest BCUT2D eigenvalue weighted by atomic mass is 16.6. The molecule has 0 radical (unpaired) electrons. The van der Waals surface area contributed by atoms with Crippen LogP contribution < -0.4 is 10.1 Å². The Kier molecular flexibility index (Phi) is 4.88. The third-order valence-electron chi connectivity index (χ3n) is 3.40. The normalized spacial score (nSPS) is 10.3. The molecule has 3 rings (SSSR count). The molecule has 1 amide bonds. The number of rotatable bonds is 6.